The van der Waals surface area contributed by atoms with Crippen molar-refractivity contribution >= 4 is 11.6 Å². The van der Waals surface area contributed by atoms with Gasteiger partial charge in [-0.2, -0.15) is 5.26 Å². The molecule has 5 nitrogen and oxygen atoms in total. The molecule has 1 heterocycles. The molecule has 0 bridgehead atoms. The smallest absolute Gasteiger partial charge is 0.133 e. The zero-order valence-corrected chi connectivity index (χ0v) is 10.0. The number of rotatable bonds is 5. The summed E-state index contributed by atoms with van der Waals surface area (Å²) in [6, 6.07) is 4.05. The largest absolute Gasteiger partial charge is 0.360 e. The van der Waals surface area contributed by atoms with Crippen LogP contribution in [0.25, 0.3) is 0 Å². The number of anilines is 2. The first-order valence-corrected chi connectivity index (χ1v) is 5.30. The molecule has 0 atom stereocenters. The summed E-state index contributed by atoms with van der Waals surface area (Å²) >= 11 is 0. The maximum absolute atomic E-state index is 8.53. The summed E-state index contributed by atoms with van der Waals surface area (Å²) in [5, 5.41) is 8.53. The van der Waals surface area contributed by atoms with E-state index in [1.54, 1.807) is 6.33 Å². The molecule has 5 heteroatoms. The normalized spacial score (nSPS) is 9.62. The first-order chi connectivity index (χ1) is 7.69. The molecule has 16 heavy (non-hydrogen) atoms. The summed E-state index contributed by atoms with van der Waals surface area (Å²) < 4.78 is 0. The molecule has 86 valence electrons. The monoisotopic (exact) mass is 219 g/mol. The Morgan fingerprint density at radius 2 is 1.88 bits per heavy atom. The van der Waals surface area contributed by atoms with Gasteiger partial charge < -0.3 is 9.80 Å². The molecular weight excluding hydrogens is 202 g/mol. The lowest BCUT2D eigenvalue weighted by atomic mass is 10.4. The van der Waals surface area contributed by atoms with Crippen molar-refractivity contribution in [3.8, 4) is 6.07 Å². The molecule has 1 aromatic rings. The molecule has 0 aliphatic carbocycles. The van der Waals surface area contributed by atoms with Crippen molar-refractivity contribution in [2.24, 2.45) is 0 Å². The summed E-state index contributed by atoms with van der Waals surface area (Å²) in [5.74, 6) is 1.75. The van der Waals surface area contributed by atoms with E-state index in [2.05, 4.69) is 23.0 Å². The number of hydrogen-bond donors (Lipinski definition) is 0. The summed E-state index contributed by atoms with van der Waals surface area (Å²) in [5.41, 5.74) is 0. The molecule has 0 unspecified atom stereocenters. The van der Waals surface area contributed by atoms with Crippen LogP contribution in [0.1, 0.15) is 13.3 Å². The van der Waals surface area contributed by atoms with E-state index in [-0.39, 0.29) is 0 Å². The third kappa shape index (κ3) is 3.09. The highest BCUT2D eigenvalue weighted by atomic mass is 15.2. The van der Waals surface area contributed by atoms with E-state index in [1.165, 1.54) is 0 Å². The molecule has 0 spiro atoms. The van der Waals surface area contributed by atoms with Crippen molar-refractivity contribution in [3.05, 3.63) is 12.4 Å². The second-order valence-corrected chi connectivity index (χ2v) is 3.58. The van der Waals surface area contributed by atoms with E-state index in [1.807, 2.05) is 30.0 Å². The first kappa shape index (κ1) is 12.2. The van der Waals surface area contributed by atoms with Gasteiger partial charge in [0.15, 0.2) is 0 Å². The molecule has 0 aliphatic heterocycles. The fraction of sp³-hybridized carbons (Fsp3) is 0.545. The molecule has 0 saturated carbocycles. The Balaban J connectivity index is 2.78. The van der Waals surface area contributed by atoms with Gasteiger partial charge in [-0.3, -0.25) is 0 Å². The molecule has 1 aromatic heterocycles. The van der Waals surface area contributed by atoms with Crippen molar-refractivity contribution in [1.29, 1.82) is 5.26 Å². The number of aromatic nitrogens is 2. The van der Waals surface area contributed by atoms with Crippen LogP contribution in [0.5, 0.6) is 0 Å². The summed E-state index contributed by atoms with van der Waals surface area (Å²) in [6.07, 6.45) is 2.05. The quantitative estimate of drug-likeness (QED) is 0.746. The molecule has 0 N–H and O–H groups in total. The number of hydrogen-bond acceptors (Lipinski definition) is 5. The van der Waals surface area contributed by atoms with Crippen LogP contribution in [-0.4, -0.2) is 37.2 Å². The van der Waals surface area contributed by atoms with Gasteiger partial charge >= 0.3 is 0 Å². The van der Waals surface area contributed by atoms with Crippen molar-refractivity contribution in [1.82, 2.24) is 9.97 Å². The van der Waals surface area contributed by atoms with Crippen molar-refractivity contribution in [3.63, 3.8) is 0 Å². The Labute approximate surface area is 96.3 Å². The van der Waals surface area contributed by atoms with Crippen LogP contribution in [0, 0.1) is 11.3 Å². The van der Waals surface area contributed by atoms with E-state index in [9.17, 15) is 0 Å². The van der Waals surface area contributed by atoms with Gasteiger partial charge in [0, 0.05) is 33.3 Å². The highest BCUT2D eigenvalue weighted by Crippen LogP contribution is 2.15. The molecule has 0 radical (unpaired) electrons. The van der Waals surface area contributed by atoms with Gasteiger partial charge in [0.1, 0.15) is 18.0 Å². The minimum atomic E-state index is 0.499. The predicted molar refractivity (Wildman–Crippen MR) is 64.5 cm³/mol. The molecule has 0 fully saturated rings. The topological polar surface area (TPSA) is 56.0 Å². The summed E-state index contributed by atoms with van der Waals surface area (Å²) in [6.45, 7) is 3.66. The number of nitriles is 1. The van der Waals surface area contributed by atoms with Crippen LogP contribution < -0.4 is 9.80 Å². The Morgan fingerprint density at radius 1 is 1.25 bits per heavy atom. The van der Waals surface area contributed by atoms with E-state index in [0.29, 0.717) is 13.0 Å². The molecule has 0 aliphatic rings. The second-order valence-electron chi connectivity index (χ2n) is 3.58. The zero-order valence-electron chi connectivity index (χ0n) is 10.0. The fourth-order valence-corrected chi connectivity index (χ4v) is 1.25. The summed E-state index contributed by atoms with van der Waals surface area (Å²) in [7, 11) is 3.91. The Kier molecular flexibility index (Phi) is 4.52. The molecule has 0 amide bonds. The van der Waals surface area contributed by atoms with Crippen LogP contribution in [0.2, 0.25) is 0 Å². The lowest BCUT2D eigenvalue weighted by Gasteiger charge is -2.20. The van der Waals surface area contributed by atoms with Gasteiger partial charge in [-0.05, 0) is 6.92 Å². The SMILES string of the molecule is CCN(C)c1cc(N(C)CCC#N)ncn1. The van der Waals surface area contributed by atoms with E-state index >= 15 is 0 Å². The van der Waals surface area contributed by atoms with Gasteiger partial charge in [0.25, 0.3) is 0 Å². The van der Waals surface area contributed by atoms with Crippen LogP contribution >= 0.6 is 0 Å². The predicted octanol–water partition coefficient (Wildman–Crippen LogP) is 1.28. The van der Waals surface area contributed by atoms with E-state index in [0.717, 1.165) is 18.2 Å². The lowest BCUT2D eigenvalue weighted by Crippen LogP contribution is -2.22. The van der Waals surface area contributed by atoms with Crippen molar-refractivity contribution < 1.29 is 0 Å². The molecule has 1 rings (SSSR count). The maximum Gasteiger partial charge on any atom is 0.133 e. The van der Waals surface area contributed by atoms with Crippen LogP contribution in [-0.2, 0) is 0 Å². The number of nitrogens with zero attached hydrogens (tertiary/aromatic N) is 5. The van der Waals surface area contributed by atoms with Gasteiger partial charge in [-0.25, -0.2) is 9.97 Å². The minimum Gasteiger partial charge on any atom is -0.360 e. The molecule has 0 saturated heterocycles. The summed E-state index contributed by atoms with van der Waals surface area (Å²) in [4.78, 5) is 12.4. The van der Waals surface area contributed by atoms with Gasteiger partial charge in [0.05, 0.1) is 12.5 Å². The Bertz CT molecular complexity index is 371. The van der Waals surface area contributed by atoms with Gasteiger partial charge in [-0.1, -0.05) is 0 Å². The maximum atomic E-state index is 8.53. The average Bonchev–Trinajstić information content (AvgIpc) is 2.35. The third-order valence-corrected chi connectivity index (χ3v) is 2.45. The molecule has 0 aromatic carbocycles. The Hall–Kier alpha value is -1.83. The third-order valence-electron chi connectivity index (χ3n) is 2.45. The average molecular weight is 219 g/mol. The van der Waals surface area contributed by atoms with Gasteiger partial charge in [-0.15, -0.1) is 0 Å². The lowest BCUT2D eigenvalue weighted by molar-refractivity contribution is 0.868. The van der Waals surface area contributed by atoms with Crippen LogP contribution in [0.15, 0.2) is 12.4 Å². The fourth-order valence-electron chi connectivity index (χ4n) is 1.25. The standard InChI is InChI=1S/C11H17N5/c1-4-15(2)10-8-11(14-9-13-10)16(3)7-5-6-12/h8-9H,4-5,7H2,1-3H3. The highest BCUT2D eigenvalue weighted by molar-refractivity contribution is 5.49. The van der Waals surface area contributed by atoms with E-state index < -0.39 is 0 Å². The van der Waals surface area contributed by atoms with Gasteiger partial charge in [0.2, 0.25) is 0 Å². The van der Waals surface area contributed by atoms with E-state index in [4.69, 9.17) is 5.26 Å². The minimum absolute atomic E-state index is 0.499. The zero-order chi connectivity index (χ0) is 12.0. The highest BCUT2D eigenvalue weighted by Gasteiger charge is 2.05. The van der Waals surface area contributed by atoms with Crippen LogP contribution in [0.3, 0.4) is 0 Å². The molecular formula is C11H17N5. The van der Waals surface area contributed by atoms with Crippen LogP contribution in [0.4, 0.5) is 11.6 Å². The Morgan fingerprint density at radius 3 is 2.44 bits per heavy atom. The first-order valence-electron chi connectivity index (χ1n) is 5.30. The van der Waals surface area contributed by atoms with Crippen molar-refractivity contribution in [2.75, 3.05) is 37.0 Å². The van der Waals surface area contributed by atoms with Crippen molar-refractivity contribution in [2.45, 2.75) is 13.3 Å². The second kappa shape index (κ2) is 5.91.